The Labute approximate surface area is 190 Å². The summed E-state index contributed by atoms with van der Waals surface area (Å²) in [6, 6.07) is 17.1. The number of nitrogens with one attached hydrogen (secondary N) is 1. The van der Waals surface area contributed by atoms with Gasteiger partial charge in [-0.1, -0.05) is 36.4 Å². The number of nitrogens with zero attached hydrogens (tertiary/aromatic N) is 2. The lowest BCUT2D eigenvalue weighted by atomic mass is 9.83. The number of thiophene rings is 1. The molecule has 5 rings (SSSR count). The summed E-state index contributed by atoms with van der Waals surface area (Å²) in [5, 5.41) is 4.78. The zero-order chi connectivity index (χ0) is 22.1. The minimum atomic E-state index is -0.199. The largest absolute Gasteiger partial charge is 0.341 e. The van der Waals surface area contributed by atoms with Gasteiger partial charge in [-0.15, -0.1) is 11.3 Å². The molecule has 2 aromatic heterocycles. The molecule has 0 radical (unpaired) electrons. The lowest BCUT2D eigenvalue weighted by molar-refractivity contribution is -0.133. The fourth-order valence-electron chi connectivity index (χ4n) is 4.89. The molecule has 2 amide bonds. The quantitative estimate of drug-likeness (QED) is 0.653. The fraction of sp³-hybridized carbons (Fsp3) is 0.320. The molecule has 2 atom stereocenters. The minimum Gasteiger partial charge on any atom is -0.341 e. The molecule has 1 aromatic carbocycles. The van der Waals surface area contributed by atoms with E-state index in [0.717, 1.165) is 22.6 Å². The number of hydrogen-bond acceptors (Lipinski definition) is 4. The van der Waals surface area contributed by atoms with E-state index in [1.807, 2.05) is 58.8 Å². The van der Waals surface area contributed by atoms with Crippen molar-refractivity contribution in [2.45, 2.75) is 31.7 Å². The van der Waals surface area contributed by atoms with Gasteiger partial charge in [0.15, 0.2) is 0 Å². The first-order chi connectivity index (χ1) is 15.6. The number of fused-ring (bicyclic) bond motifs is 4. The van der Waals surface area contributed by atoms with Gasteiger partial charge in [0.1, 0.15) is 5.69 Å². The predicted molar refractivity (Wildman–Crippen MR) is 125 cm³/mol. The molecule has 4 heterocycles. The molecule has 0 unspecified atom stereocenters. The third kappa shape index (κ3) is 4.25. The van der Waals surface area contributed by atoms with Gasteiger partial charge >= 0.3 is 0 Å². The molecule has 32 heavy (non-hydrogen) atoms. The average Bonchev–Trinajstić information content (AvgIpc) is 3.29. The summed E-state index contributed by atoms with van der Waals surface area (Å²) in [6.45, 7) is 1.90. The number of pyridine rings is 1. The third-order valence-electron chi connectivity index (χ3n) is 6.34. The van der Waals surface area contributed by atoms with Gasteiger partial charge in [0.2, 0.25) is 11.8 Å². The number of carbonyl (C=O) groups is 2. The van der Waals surface area contributed by atoms with Crippen molar-refractivity contribution in [3.63, 3.8) is 0 Å². The maximum absolute atomic E-state index is 13.1. The van der Waals surface area contributed by atoms with Crippen molar-refractivity contribution in [1.82, 2.24) is 9.47 Å². The van der Waals surface area contributed by atoms with Gasteiger partial charge in [-0.25, -0.2) is 0 Å². The van der Waals surface area contributed by atoms with Crippen LogP contribution >= 0.6 is 11.3 Å². The molecule has 1 fully saturated rings. The topological polar surface area (TPSA) is 71.4 Å². The van der Waals surface area contributed by atoms with Gasteiger partial charge in [0.05, 0.1) is 12.8 Å². The number of amides is 2. The Balaban J connectivity index is 1.30. The van der Waals surface area contributed by atoms with Crippen LogP contribution in [0.5, 0.6) is 0 Å². The van der Waals surface area contributed by atoms with E-state index in [-0.39, 0.29) is 35.6 Å². The number of benzene rings is 1. The Morgan fingerprint density at radius 3 is 2.59 bits per heavy atom. The first-order valence-electron chi connectivity index (χ1n) is 10.9. The van der Waals surface area contributed by atoms with Crippen LogP contribution in [0.3, 0.4) is 0 Å². The summed E-state index contributed by atoms with van der Waals surface area (Å²) >= 11 is 1.61. The Bertz CT molecular complexity index is 1190. The van der Waals surface area contributed by atoms with Gasteiger partial charge in [-0.2, -0.15) is 0 Å². The van der Waals surface area contributed by atoms with Crippen LogP contribution in [0.2, 0.25) is 0 Å². The summed E-state index contributed by atoms with van der Waals surface area (Å²) in [5.74, 6) is 0.357. The van der Waals surface area contributed by atoms with Gasteiger partial charge in [0.25, 0.3) is 5.56 Å². The third-order valence-corrected chi connectivity index (χ3v) is 7.22. The van der Waals surface area contributed by atoms with Gasteiger partial charge in [-0.3, -0.25) is 14.4 Å². The van der Waals surface area contributed by atoms with Gasteiger partial charge in [-0.05, 0) is 41.5 Å². The molecular weight excluding hydrogens is 422 g/mol. The molecule has 2 aliphatic rings. The van der Waals surface area contributed by atoms with Crippen molar-refractivity contribution in [2.75, 3.05) is 18.4 Å². The van der Waals surface area contributed by atoms with Crippen molar-refractivity contribution in [3.05, 3.63) is 86.5 Å². The smallest absolute Gasteiger partial charge is 0.274 e. The molecule has 7 heteroatoms. The molecule has 0 saturated carbocycles. The van der Waals surface area contributed by atoms with E-state index in [4.69, 9.17) is 0 Å². The summed E-state index contributed by atoms with van der Waals surface area (Å²) in [6.07, 6.45) is 1.66. The lowest BCUT2D eigenvalue weighted by Gasteiger charge is -2.43. The van der Waals surface area contributed by atoms with Crippen LogP contribution in [0.25, 0.3) is 0 Å². The molecule has 6 nitrogen and oxygen atoms in total. The number of hydrogen-bond donors (Lipinski definition) is 1. The highest BCUT2D eigenvalue weighted by Crippen LogP contribution is 2.35. The highest BCUT2D eigenvalue weighted by Gasteiger charge is 2.36. The number of likely N-dealkylation sites (tertiary alicyclic amines) is 1. The van der Waals surface area contributed by atoms with Crippen LogP contribution in [-0.4, -0.2) is 34.4 Å². The first kappa shape index (κ1) is 20.7. The Morgan fingerprint density at radius 2 is 1.81 bits per heavy atom. The summed E-state index contributed by atoms with van der Waals surface area (Å²) in [4.78, 5) is 41.4. The zero-order valence-corrected chi connectivity index (χ0v) is 18.5. The van der Waals surface area contributed by atoms with E-state index in [9.17, 15) is 14.4 Å². The highest BCUT2D eigenvalue weighted by molar-refractivity contribution is 7.10. The van der Waals surface area contributed by atoms with Crippen LogP contribution in [-0.2, 0) is 29.0 Å². The number of anilines is 1. The highest BCUT2D eigenvalue weighted by atomic mass is 32.1. The van der Waals surface area contributed by atoms with Crippen LogP contribution in [0.4, 0.5) is 5.69 Å². The van der Waals surface area contributed by atoms with E-state index < -0.39 is 0 Å². The molecule has 2 bridgehead atoms. The number of aromatic nitrogens is 1. The molecule has 0 spiro atoms. The lowest BCUT2D eigenvalue weighted by Crippen LogP contribution is -2.49. The van der Waals surface area contributed by atoms with Crippen molar-refractivity contribution in [1.29, 1.82) is 0 Å². The monoisotopic (exact) mass is 447 g/mol. The molecular formula is C25H25N3O3S. The van der Waals surface area contributed by atoms with E-state index in [1.165, 1.54) is 0 Å². The Morgan fingerprint density at radius 1 is 0.969 bits per heavy atom. The SMILES string of the molecule is O=C(Cc1ccccc1)Nc1ccc2n(c1=O)C[C@@H]1C[C@@H]2CN(C(=O)Cc2cccs2)C1. The molecule has 164 valence electrons. The second-order valence-corrected chi connectivity index (χ2v) is 9.68. The number of piperidine rings is 1. The molecule has 2 aliphatic heterocycles. The average molecular weight is 448 g/mol. The summed E-state index contributed by atoms with van der Waals surface area (Å²) in [7, 11) is 0. The maximum atomic E-state index is 13.1. The number of carbonyl (C=O) groups excluding carboxylic acids is 2. The van der Waals surface area contributed by atoms with E-state index in [2.05, 4.69) is 5.32 Å². The molecule has 1 N–H and O–H groups in total. The minimum absolute atomic E-state index is 0.150. The van der Waals surface area contributed by atoms with Crippen molar-refractivity contribution < 1.29 is 9.59 Å². The normalized spacial score (nSPS) is 19.3. The number of rotatable bonds is 5. The van der Waals surface area contributed by atoms with E-state index in [1.54, 1.807) is 22.0 Å². The first-order valence-corrected chi connectivity index (χ1v) is 11.8. The summed E-state index contributed by atoms with van der Waals surface area (Å²) in [5.41, 5.74) is 2.03. The zero-order valence-electron chi connectivity index (χ0n) is 17.7. The van der Waals surface area contributed by atoms with Crippen LogP contribution in [0.15, 0.2) is 64.8 Å². The Kier molecular flexibility index (Phi) is 5.66. The van der Waals surface area contributed by atoms with Crippen LogP contribution in [0, 0.1) is 5.92 Å². The van der Waals surface area contributed by atoms with E-state index in [0.29, 0.717) is 31.7 Å². The second kappa shape index (κ2) is 8.74. The van der Waals surface area contributed by atoms with E-state index >= 15 is 0 Å². The van der Waals surface area contributed by atoms with Crippen LogP contribution in [0.1, 0.15) is 28.5 Å². The van der Waals surface area contributed by atoms with Crippen molar-refractivity contribution >= 4 is 28.8 Å². The molecule has 0 aliphatic carbocycles. The maximum Gasteiger partial charge on any atom is 0.274 e. The van der Waals surface area contributed by atoms with Crippen molar-refractivity contribution in [3.8, 4) is 0 Å². The molecule has 1 saturated heterocycles. The standard InChI is InChI=1S/C25H25N3O3S/c29-23(12-17-5-2-1-3-6-17)26-21-8-9-22-19-11-18(15-28(22)25(21)31)14-27(16-19)24(30)13-20-7-4-10-32-20/h1-10,18-19H,11-16H2,(H,26,29)/t18-,19-/m1/s1. The van der Waals surface area contributed by atoms with Gasteiger partial charge in [0, 0.05) is 36.1 Å². The second-order valence-electron chi connectivity index (χ2n) is 8.65. The van der Waals surface area contributed by atoms with Gasteiger partial charge < -0.3 is 14.8 Å². The predicted octanol–water partition coefficient (Wildman–Crippen LogP) is 3.28. The summed E-state index contributed by atoms with van der Waals surface area (Å²) < 4.78 is 1.80. The molecule has 3 aromatic rings. The van der Waals surface area contributed by atoms with Crippen molar-refractivity contribution in [2.24, 2.45) is 5.92 Å². The van der Waals surface area contributed by atoms with Crippen LogP contribution < -0.4 is 10.9 Å². The Hall–Kier alpha value is -3.19. The fourth-order valence-corrected chi connectivity index (χ4v) is 5.59.